The fourth-order valence-corrected chi connectivity index (χ4v) is 3.48. The Morgan fingerprint density at radius 3 is 2.50 bits per heavy atom. The second-order valence-corrected chi connectivity index (χ2v) is 6.38. The maximum atomic E-state index is 12.1. The summed E-state index contributed by atoms with van der Waals surface area (Å²) in [6.45, 7) is 1.40. The first-order chi connectivity index (χ1) is 8.49. The van der Waals surface area contributed by atoms with Crippen LogP contribution in [0.2, 0.25) is 0 Å². The molecule has 104 valence electrons. The summed E-state index contributed by atoms with van der Waals surface area (Å²) in [4.78, 5) is 10.7. The average Bonchev–Trinajstić information content (AvgIpc) is 3.12. The lowest BCUT2D eigenvalue weighted by molar-refractivity contribution is -0.137. The van der Waals surface area contributed by atoms with Gasteiger partial charge in [0.15, 0.2) is 0 Å². The molecule has 8 heteroatoms. The number of nitrogens with zero attached hydrogens (tertiary/aromatic N) is 1. The first-order valence-corrected chi connectivity index (χ1v) is 7.50. The van der Waals surface area contributed by atoms with Crippen LogP contribution >= 0.6 is 0 Å². The van der Waals surface area contributed by atoms with Gasteiger partial charge in [0.2, 0.25) is 0 Å². The zero-order chi connectivity index (χ0) is 13.2. The molecule has 0 amide bonds. The number of aliphatic carboxylic acids is 1. The van der Waals surface area contributed by atoms with E-state index < -0.39 is 22.2 Å². The summed E-state index contributed by atoms with van der Waals surface area (Å²) in [6, 6.07) is -0.490. The number of nitrogens with one attached hydrogen (secondary N) is 1. The molecule has 1 aliphatic heterocycles. The van der Waals surface area contributed by atoms with Gasteiger partial charge in [0.25, 0.3) is 10.2 Å². The molecule has 1 atom stereocenters. The maximum absolute atomic E-state index is 12.1. The van der Waals surface area contributed by atoms with Crippen molar-refractivity contribution in [2.24, 2.45) is 5.92 Å². The molecule has 1 saturated carbocycles. The van der Waals surface area contributed by atoms with Crippen molar-refractivity contribution in [3.8, 4) is 0 Å². The Kier molecular flexibility index (Phi) is 4.21. The number of carboxylic acids is 1. The average molecular weight is 278 g/mol. The monoisotopic (exact) mass is 278 g/mol. The lowest BCUT2D eigenvalue weighted by Crippen LogP contribution is -2.50. The van der Waals surface area contributed by atoms with Crippen LogP contribution in [-0.2, 0) is 19.7 Å². The minimum absolute atomic E-state index is 0.158. The van der Waals surface area contributed by atoms with Crippen molar-refractivity contribution in [3.63, 3.8) is 0 Å². The summed E-state index contributed by atoms with van der Waals surface area (Å²) < 4.78 is 33.1. The van der Waals surface area contributed by atoms with E-state index in [1.165, 1.54) is 4.31 Å². The highest BCUT2D eigenvalue weighted by atomic mass is 32.2. The molecule has 0 bridgehead atoms. The number of rotatable bonds is 6. The van der Waals surface area contributed by atoms with Crippen molar-refractivity contribution >= 4 is 16.2 Å². The molecule has 1 unspecified atom stereocenters. The van der Waals surface area contributed by atoms with Crippen LogP contribution in [0.25, 0.3) is 0 Å². The molecule has 2 N–H and O–H groups in total. The van der Waals surface area contributed by atoms with Gasteiger partial charge in [-0.2, -0.15) is 17.4 Å². The van der Waals surface area contributed by atoms with E-state index in [9.17, 15) is 13.2 Å². The second-order valence-electron chi connectivity index (χ2n) is 4.68. The highest BCUT2D eigenvalue weighted by molar-refractivity contribution is 7.87. The lowest BCUT2D eigenvalue weighted by Gasteiger charge is -2.28. The summed E-state index contributed by atoms with van der Waals surface area (Å²) in [5.74, 6) is -0.812. The SMILES string of the molecule is O=C(O)CC(NS(=O)(=O)N1CCOCC1)C1CC1. The molecule has 2 rings (SSSR count). The first-order valence-electron chi connectivity index (χ1n) is 6.06. The third kappa shape index (κ3) is 3.64. The van der Waals surface area contributed by atoms with E-state index in [1.54, 1.807) is 0 Å². The zero-order valence-electron chi connectivity index (χ0n) is 10.0. The Morgan fingerprint density at radius 1 is 1.39 bits per heavy atom. The normalized spacial score (nSPS) is 23.8. The van der Waals surface area contributed by atoms with E-state index >= 15 is 0 Å². The molecule has 1 heterocycles. The third-order valence-corrected chi connectivity index (χ3v) is 4.84. The number of ether oxygens (including phenoxy) is 1. The van der Waals surface area contributed by atoms with Crippen LogP contribution in [0.1, 0.15) is 19.3 Å². The Labute approximate surface area is 106 Å². The summed E-state index contributed by atoms with van der Waals surface area (Å²) in [6.07, 6.45) is 1.63. The molecule has 0 radical (unpaired) electrons. The van der Waals surface area contributed by atoms with E-state index in [0.717, 1.165) is 12.8 Å². The van der Waals surface area contributed by atoms with Gasteiger partial charge in [-0.05, 0) is 18.8 Å². The third-order valence-electron chi connectivity index (χ3n) is 3.20. The van der Waals surface area contributed by atoms with Gasteiger partial charge in [-0.1, -0.05) is 0 Å². The number of carboxylic acid groups (broad SMARTS) is 1. The molecule has 0 aromatic rings. The van der Waals surface area contributed by atoms with Crippen LogP contribution in [0.15, 0.2) is 0 Å². The number of hydrogen-bond acceptors (Lipinski definition) is 4. The number of carbonyl (C=O) groups is 1. The van der Waals surface area contributed by atoms with Gasteiger partial charge < -0.3 is 9.84 Å². The molecular weight excluding hydrogens is 260 g/mol. The van der Waals surface area contributed by atoms with Gasteiger partial charge in [0, 0.05) is 19.1 Å². The topological polar surface area (TPSA) is 95.9 Å². The van der Waals surface area contributed by atoms with Crippen LogP contribution < -0.4 is 4.72 Å². The Balaban J connectivity index is 1.97. The van der Waals surface area contributed by atoms with Crippen LogP contribution in [0.3, 0.4) is 0 Å². The summed E-state index contributed by atoms with van der Waals surface area (Å²) in [5.41, 5.74) is 0. The molecule has 0 aromatic carbocycles. The zero-order valence-corrected chi connectivity index (χ0v) is 10.9. The minimum Gasteiger partial charge on any atom is -0.481 e. The van der Waals surface area contributed by atoms with Crippen LogP contribution in [0, 0.1) is 5.92 Å². The molecule has 0 aromatic heterocycles. The van der Waals surface area contributed by atoms with Gasteiger partial charge in [-0.3, -0.25) is 4.79 Å². The Hall–Kier alpha value is -0.700. The van der Waals surface area contributed by atoms with Crippen LogP contribution in [-0.4, -0.2) is 56.1 Å². The largest absolute Gasteiger partial charge is 0.481 e. The highest BCUT2D eigenvalue weighted by Gasteiger charge is 2.37. The smallest absolute Gasteiger partial charge is 0.304 e. The van der Waals surface area contributed by atoms with Gasteiger partial charge in [-0.15, -0.1) is 0 Å². The molecule has 0 spiro atoms. The van der Waals surface area contributed by atoms with Gasteiger partial charge >= 0.3 is 5.97 Å². The summed E-state index contributed by atoms with van der Waals surface area (Å²) >= 11 is 0. The molecule has 1 saturated heterocycles. The van der Waals surface area contributed by atoms with E-state index in [0.29, 0.717) is 26.3 Å². The van der Waals surface area contributed by atoms with Crippen LogP contribution in [0.5, 0.6) is 0 Å². The fourth-order valence-electron chi connectivity index (χ4n) is 2.04. The lowest BCUT2D eigenvalue weighted by atomic mass is 10.1. The molecule has 7 nitrogen and oxygen atoms in total. The van der Waals surface area contributed by atoms with Crippen molar-refractivity contribution in [1.82, 2.24) is 9.03 Å². The summed E-state index contributed by atoms with van der Waals surface area (Å²) in [5, 5.41) is 8.80. The quantitative estimate of drug-likeness (QED) is 0.677. The van der Waals surface area contributed by atoms with E-state index in [1.807, 2.05) is 0 Å². The van der Waals surface area contributed by atoms with Crippen molar-refractivity contribution in [2.75, 3.05) is 26.3 Å². The van der Waals surface area contributed by atoms with Gasteiger partial charge in [0.1, 0.15) is 0 Å². The van der Waals surface area contributed by atoms with Gasteiger partial charge in [0.05, 0.1) is 19.6 Å². The predicted octanol–water partition coefficient (Wildman–Crippen LogP) is -0.594. The minimum atomic E-state index is -3.59. The highest BCUT2D eigenvalue weighted by Crippen LogP contribution is 2.34. The van der Waals surface area contributed by atoms with E-state index in [4.69, 9.17) is 9.84 Å². The molecular formula is C10H18N2O5S. The second kappa shape index (κ2) is 5.52. The number of hydrogen-bond donors (Lipinski definition) is 2. The standard InChI is InChI=1S/C10H18N2O5S/c13-10(14)7-9(8-1-2-8)11-18(15,16)12-3-5-17-6-4-12/h8-9,11H,1-7H2,(H,13,14). The molecule has 18 heavy (non-hydrogen) atoms. The Bertz CT molecular complexity index is 400. The Morgan fingerprint density at radius 2 is 2.00 bits per heavy atom. The maximum Gasteiger partial charge on any atom is 0.304 e. The first kappa shape index (κ1) is 13.7. The van der Waals surface area contributed by atoms with E-state index in [-0.39, 0.29) is 12.3 Å². The molecule has 2 fully saturated rings. The molecule has 1 aliphatic carbocycles. The van der Waals surface area contributed by atoms with Crippen molar-refractivity contribution in [3.05, 3.63) is 0 Å². The van der Waals surface area contributed by atoms with Gasteiger partial charge in [-0.25, -0.2) is 0 Å². The van der Waals surface area contributed by atoms with Crippen molar-refractivity contribution in [1.29, 1.82) is 0 Å². The van der Waals surface area contributed by atoms with Crippen molar-refractivity contribution < 1.29 is 23.1 Å². The predicted molar refractivity (Wildman–Crippen MR) is 63.2 cm³/mol. The molecule has 2 aliphatic rings. The van der Waals surface area contributed by atoms with E-state index in [2.05, 4.69) is 4.72 Å². The number of morpholine rings is 1. The summed E-state index contributed by atoms with van der Waals surface area (Å²) in [7, 11) is -3.59. The van der Waals surface area contributed by atoms with Crippen molar-refractivity contribution in [2.45, 2.75) is 25.3 Å². The fraction of sp³-hybridized carbons (Fsp3) is 0.900. The van der Waals surface area contributed by atoms with Crippen LogP contribution in [0.4, 0.5) is 0 Å².